The van der Waals surface area contributed by atoms with Crippen LogP contribution in [0.15, 0.2) is 29.2 Å². The molecule has 0 heterocycles. The van der Waals surface area contributed by atoms with Gasteiger partial charge in [0.1, 0.15) is 0 Å². The molecule has 0 bridgehead atoms. The van der Waals surface area contributed by atoms with Gasteiger partial charge in [0, 0.05) is 26.5 Å². The second kappa shape index (κ2) is 7.44. The van der Waals surface area contributed by atoms with E-state index in [2.05, 4.69) is 10.0 Å². The summed E-state index contributed by atoms with van der Waals surface area (Å²) in [6.07, 6.45) is -0.342. The van der Waals surface area contributed by atoms with Gasteiger partial charge in [0.2, 0.25) is 10.0 Å². The molecule has 0 atom stereocenters. The molecular formula is C12H20N2O4S. The molecule has 0 aliphatic rings. The highest BCUT2D eigenvalue weighted by molar-refractivity contribution is 7.89. The minimum Gasteiger partial charge on any atom is -0.380 e. The molecule has 7 heteroatoms. The van der Waals surface area contributed by atoms with Crippen molar-refractivity contribution in [1.29, 1.82) is 0 Å². The van der Waals surface area contributed by atoms with Crippen molar-refractivity contribution >= 4 is 15.7 Å². The Balaban J connectivity index is 2.67. The molecule has 0 unspecified atom stereocenters. The molecule has 0 fully saturated rings. The van der Waals surface area contributed by atoms with Crippen LogP contribution in [0.3, 0.4) is 0 Å². The van der Waals surface area contributed by atoms with E-state index in [0.29, 0.717) is 13.1 Å². The first kappa shape index (κ1) is 15.9. The van der Waals surface area contributed by atoms with Crippen LogP contribution in [0.2, 0.25) is 0 Å². The SMILES string of the molecule is CCNS(=O)(=O)c1ccc(NCC(OC)OC)cc1. The lowest BCUT2D eigenvalue weighted by Gasteiger charge is -2.15. The molecule has 0 aliphatic carbocycles. The smallest absolute Gasteiger partial charge is 0.240 e. The Labute approximate surface area is 114 Å². The molecule has 0 saturated carbocycles. The summed E-state index contributed by atoms with van der Waals surface area (Å²) in [5.74, 6) is 0. The Kier molecular flexibility index (Phi) is 6.23. The molecule has 0 amide bonds. The van der Waals surface area contributed by atoms with Gasteiger partial charge in [-0.1, -0.05) is 6.92 Å². The molecular weight excluding hydrogens is 268 g/mol. The monoisotopic (exact) mass is 288 g/mol. The van der Waals surface area contributed by atoms with Crippen LogP contribution in [-0.4, -0.2) is 42.0 Å². The molecule has 1 rings (SSSR count). The van der Waals surface area contributed by atoms with Crippen molar-refractivity contribution < 1.29 is 17.9 Å². The number of methoxy groups -OCH3 is 2. The molecule has 0 radical (unpaired) electrons. The number of ether oxygens (including phenoxy) is 2. The molecule has 0 aliphatic heterocycles. The van der Waals surface area contributed by atoms with Crippen LogP contribution < -0.4 is 10.0 Å². The van der Waals surface area contributed by atoms with E-state index in [0.717, 1.165) is 5.69 Å². The average molecular weight is 288 g/mol. The zero-order valence-electron chi connectivity index (χ0n) is 11.3. The Morgan fingerprint density at radius 2 is 1.74 bits per heavy atom. The van der Waals surface area contributed by atoms with Crippen molar-refractivity contribution in [3.05, 3.63) is 24.3 Å². The Hall–Kier alpha value is -1.15. The van der Waals surface area contributed by atoms with E-state index in [1.807, 2.05) is 0 Å². The fourth-order valence-electron chi connectivity index (χ4n) is 1.49. The molecule has 19 heavy (non-hydrogen) atoms. The first-order valence-electron chi connectivity index (χ1n) is 5.92. The molecule has 2 N–H and O–H groups in total. The number of anilines is 1. The maximum Gasteiger partial charge on any atom is 0.240 e. The second-order valence-electron chi connectivity index (χ2n) is 3.81. The molecule has 0 saturated heterocycles. The largest absolute Gasteiger partial charge is 0.380 e. The fourth-order valence-corrected chi connectivity index (χ4v) is 2.53. The molecule has 1 aromatic carbocycles. The van der Waals surface area contributed by atoms with Crippen molar-refractivity contribution in [2.75, 3.05) is 32.6 Å². The third-order valence-corrected chi connectivity index (χ3v) is 4.06. The number of hydrogen-bond donors (Lipinski definition) is 2. The molecule has 1 aromatic rings. The molecule has 0 spiro atoms. The Bertz CT molecular complexity index is 469. The van der Waals surface area contributed by atoms with Crippen molar-refractivity contribution in [3.63, 3.8) is 0 Å². The van der Waals surface area contributed by atoms with E-state index in [1.54, 1.807) is 45.4 Å². The third kappa shape index (κ3) is 4.79. The summed E-state index contributed by atoms with van der Waals surface area (Å²) in [7, 11) is -0.280. The average Bonchev–Trinajstić information content (AvgIpc) is 2.40. The summed E-state index contributed by atoms with van der Waals surface area (Å²) in [6, 6.07) is 6.50. The molecule has 6 nitrogen and oxygen atoms in total. The van der Waals surface area contributed by atoms with Crippen LogP contribution in [0, 0.1) is 0 Å². The van der Waals surface area contributed by atoms with E-state index in [9.17, 15) is 8.42 Å². The Morgan fingerprint density at radius 3 is 2.21 bits per heavy atom. The predicted molar refractivity (Wildman–Crippen MR) is 73.6 cm³/mol. The topological polar surface area (TPSA) is 76.7 Å². The first-order valence-corrected chi connectivity index (χ1v) is 7.41. The van der Waals surface area contributed by atoms with E-state index in [-0.39, 0.29) is 11.2 Å². The fraction of sp³-hybridized carbons (Fsp3) is 0.500. The second-order valence-corrected chi connectivity index (χ2v) is 5.57. The minimum absolute atomic E-state index is 0.245. The van der Waals surface area contributed by atoms with E-state index >= 15 is 0 Å². The van der Waals surface area contributed by atoms with Crippen molar-refractivity contribution in [2.45, 2.75) is 18.1 Å². The van der Waals surface area contributed by atoms with Gasteiger partial charge in [-0.05, 0) is 24.3 Å². The number of benzene rings is 1. The summed E-state index contributed by atoms with van der Waals surface area (Å²) in [4.78, 5) is 0.245. The molecule has 108 valence electrons. The summed E-state index contributed by atoms with van der Waals surface area (Å²) in [5, 5.41) is 3.09. The van der Waals surface area contributed by atoms with E-state index in [4.69, 9.17) is 9.47 Å². The standard InChI is InChI=1S/C12H20N2O4S/c1-4-14-19(15,16)11-7-5-10(6-8-11)13-9-12(17-2)18-3/h5-8,12-14H,4,9H2,1-3H3. The van der Waals surface area contributed by atoms with Crippen LogP contribution in [-0.2, 0) is 19.5 Å². The zero-order chi connectivity index (χ0) is 14.3. The van der Waals surface area contributed by atoms with Crippen molar-refractivity contribution in [2.24, 2.45) is 0 Å². The van der Waals surface area contributed by atoms with Gasteiger partial charge in [-0.2, -0.15) is 0 Å². The van der Waals surface area contributed by atoms with Crippen LogP contribution in [0.25, 0.3) is 0 Å². The molecule has 0 aromatic heterocycles. The summed E-state index contributed by atoms with van der Waals surface area (Å²) < 4.78 is 36.0. The first-order chi connectivity index (χ1) is 9.03. The van der Waals surface area contributed by atoms with Gasteiger partial charge in [-0.3, -0.25) is 0 Å². The van der Waals surface area contributed by atoms with Gasteiger partial charge in [-0.15, -0.1) is 0 Å². The number of rotatable bonds is 8. The van der Waals surface area contributed by atoms with E-state index < -0.39 is 10.0 Å². The van der Waals surface area contributed by atoms with Gasteiger partial charge < -0.3 is 14.8 Å². The number of nitrogens with one attached hydrogen (secondary N) is 2. The zero-order valence-corrected chi connectivity index (χ0v) is 12.2. The number of sulfonamides is 1. The van der Waals surface area contributed by atoms with Crippen molar-refractivity contribution in [1.82, 2.24) is 4.72 Å². The predicted octanol–water partition coefficient (Wildman–Crippen LogP) is 1.02. The summed E-state index contributed by atoms with van der Waals surface area (Å²) in [6.45, 7) is 2.58. The lowest BCUT2D eigenvalue weighted by Crippen LogP contribution is -2.24. The van der Waals surface area contributed by atoms with Crippen molar-refractivity contribution in [3.8, 4) is 0 Å². The van der Waals surface area contributed by atoms with E-state index in [1.165, 1.54) is 0 Å². The van der Waals surface area contributed by atoms with Crippen LogP contribution >= 0.6 is 0 Å². The van der Waals surface area contributed by atoms with Crippen LogP contribution in [0.4, 0.5) is 5.69 Å². The van der Waals surface area contributed by atoms with Gasteiger partial charge >= 0.3 is 0 Å². The summed E-state index contributed by atoms with van der Waals surface area (Å²) in [5.41, 5.74) is 0.801. The van der Waals surface area contributed by atoms with Gasteiger partial charge in [0.05, 0.1) is 11.4 Å². The maximum atomic E-state index is 11.7. The maximum absolute atomic E-state index is 11.7. The quantitative estimate of drug-likeness (QED) is 0.698. The van der Waals surface area contributed by atoms with Gasteiger partial charge in [0.15, 0.2) is 6.29 Å². The van der Waals surface area contributed by atoms with Crippen LogP contribution in [0.5, 0.6) is 0 Å². The van der Waals surface area contributed by atoms with Crippen LogP contribution in [0.1, 0.15) is 6.92 Å². The van der Waals surface area contributed by atoms with Gasteiger partial charge in [0.25, 0.3) is 0 Å². The highest BCUT2D eigenvalue weighted by Gasteiger charge is 2.12. The highest BCUT2D eigenvalue weighted by Crippen LogP contribution is 2.14. The third-order valence-electron chi connectivity index (χ3n) is 2.50. The highest BCUT2D eigenvalue weighted by atomic mass is 32.2. The normalized spacial score (nSPS) is 11.8. The minimum atomic E-state index is -3.39. The number of hydrogen-bond acceptors (Lipinski definition) is 5. The Morgan fingerprint density at radius 1 is 1.16 bits per heavy atom. The lowest BCUT2D eigenvalue weighted by molar-refractivity contribution is -0.0914. The lowest BCUT2D eigenvalue weighted by atomic mass is 10.3. The summed E-state index contributed by atoms with van der Waals surface area (Å²) >= 11 is 0. The van der Waals surface area contributed by atoms with Gasteiger partial charge in [-0.25, -0.2) is 13.1 Å².